The molecule has 0 saturated heterocycles. The molecular weight excluding hydrogens is 424 g/mol. The maximum absolute atomic E-state index is 13.2. The molecule has 1 N–H and O–H groups in total. The van der Waals surface area contributed by atoms with Gasteiger partial charge >= 0.3 is 0 Å². The molecule has 0 unspecified atom stereocenters. The van der Waals surface area contributed by atoms with E-state index in [-0.39, 0.29) is 24.8 Å². The Morgan fingerprint density at radius 3 is 2.21 bits per heavy atom. The lowest BCUT2D eigenvalue weighted by molar-refractivity contribution is -0.137. The normalized spacial score (nSPS) is 13.7. The van der Waals surface area contributed by atoms with E-state index in [1.54, 1.807) is 49.6 Å². The van der Waals surface area contributed by atoms with Gasteiger partial charge in [-0.1, -0.05) is 26.0 Å². The number of rotatable bonds is 11. The van der Waals surface area contributed by atoms with Gasteiger partial charge in [0.15, 0.2) is 11.5 Å². The Balaban J connectivity index is 1.97. The van der Waals surface area contributed by atoms with Crippen molar-refractivity contribution in [2.75, 3.05) is 46.4 Å². The third kappa shape index (κ3) is 5.46. The summed E-state index contributed by atoms with van der Waals surface area (Å²) < 4.78 is 21.5. The van der Waals surface area contributed by atoms with E-state index in [2.05, 4.69) is 19.2 Å². The second-order valence-corrected chi connectivity index (χ2v) is 7.93. The number of hydrogen-bond acceptors (Lipinski definition) is 7. The highest BCUT2D eigenvalue weighted by Crippen LogP contribution is 2.34. The quantitative estimate of drug-likeness (QED) is 0.520. The van der Waals surface area contributed by atoms with Gasteiger partial charge in [0, 0.05) is 18.9 Å². The molecule has 3 rings (SSSR count). The summed E-state index contributed by atoms with van der Waals surface area (Å²) >= 11 is 0. The maximum Gasteiger partial charge on any atom is 0.278 e. The molecule has 0 aliphatic carbocycles. The molecule has 2 aromatic rings. The number of methoxy groups -OCH3 is 3. The first-order valence-electron chi connectivity index (χ1n) is 10.7. The SMILES string of the molecule is COCCN1C(=O)C(Nc2ccc(OC)c(OC)c2)=C(c2ccc(OCC(C)C)cc2)C1=O. The summed E-state index contributed by atoms with van der Waals surface area (Å²) in [5.74, 6) is 1.37. The molecule has 2 aromatic carbocycles. The number of imide groups is 1. The zero-order valence-electron chi connectivity index (χ0n) is 19.6. The van der Waals surface area contributed by atoms with Crippen molar-refractivity contribution in [1.29, 1.82) is 0 Å². The Kier molecular flexibility index (Phi) is 7.95. The van der Waals surface area contributed by atoms with Crippen molar-refractivity contribution in [2.45, 2.75) is 13.8 Å². The van der Waals surface area contributed by atoms with E-state index in [9.17, 15) is 9.59 Å². The summed E-state index contributed by atoms with van der Waals surface area (Å²) in [6.45, 7) is 5.14. The molecule has 1 heterocycles. The van der Waals surface area contributed by atoms with Crippen molar-refractivity contribution in [3.05, 3.63) is 53.7 Å². The molecule has 0 fully saturated rings. The van der Waals surface area contributed by atoms with Crippen LogP contribution in [0.25, 0.3) is 5.57 Å². The van der Waals surface area contributed by atoms with Gasteiger partial charge in [0.05, 0.1) is 39.6 Å². The summed E-state index contributed by atoms with van der Waals surface area (Å²) in [5.41, 5.74) is 1.69. The van der Waals surface area contributed by atoms with Crippen LogP contribution in [0, 0.1) is 5.92 Å². The maximum atomic E-state index is 13.2. The minimum atomic E-state index is -0.415. The predicted molar refractivity (Wildman–Crippen MR) is 125 cm³/mol. The lowest BCUT2D eigenvalue weighted by atomic mass is 10.0. The van der Waals surface area contributed by atoms with Gasteiger partial charge in [-0.15, -0.1) is 0 Å². The van der Waals surface area contributed by atoms with Gasteiger partial charge in [0.25, 0.3) is 11.8 Å². The summed E-state index contributed by atoms with van der Waals surface area (Å²) in [6.07, 6.45) is 0. The van der Waals surface area contributed by atoms with Crippen molar-refractivity contribution in [1.82, 2.24) is 4.90 Å². The summed E-state index contributed by atoms with van der Waals surface area (Å²) in [5, 5.41) is 3.12. The number of benzene rings is 2. The van der Waals surface area contributed by atoms with Gasteiger partial charge in [0.1, 0.15) is 11.4 Å². The Morgan fingerprint density at radius 2 is 1.61 bits per heavy atom. The first kappa shape index (κ1) is 24.1. The van der Waals surface area contributed by atoms with Crippen LogP contribution in [0.5, 0.6) is 17.2 Å². The molecule has 8 heteroatoms. The van der Waals surface area contributed by atoms with Crippen LogP contribution in [0.4, 0.5) is 5.69 Å². The molecule has 0 aromatic heterocycles. The van der Waals surface area contributed by atoms with Gasteiger partial charge in [-0.3, -0.25) is 14.5 Å². The Bertz CT molecular complexity index is 1030. The van der Waals surface area contributed by atoms with Crippen molar-refractivity contribution >= 4 is 23.1 Å². The van der Waals surface area contributed by atoms with Gasteiger partial charge in [-0.05, 0) is 35.7 Å². The number of ether oxygens (including phenoxy) is 4. The minimum Gasteiger partial charge on any atom is -0.493 e. The molecule has 0 spiro atoms. The molecular formula is C25H30N2O6. The lowest BCUT2D eigenvalue weighted by Gasteiger charge is -2.15. The Hall–Kier alpha value is -3.52. The fraction of sp³-hybridized carbons (Fsp3) is 0.360. The van der Waals surface area contributed by atoms with E-state index in [0.29, 0.717) is 46.6 Å². The number of hydrogen-bond donors (Lipinski definition) is 1. The minimum absolute atomic E-state index is 0.157. The first-order valence-corrected chi connectivity index (χ1v) is 10.7. The highest BCUT2D eigenvalue weighted by atomic mass is 16.5. The average Bonchev–Trinajstić information content (AvgIpc) is 3.05. The molecule has 2 amide bonds. The van der Waals surface area contributed by atoms with E-state index in [1.807, 2.05) is 0 Å². The number of nitrogens with zero attached hydrogens (tertiary/aromatic N) is 1. The van der Waals surface area contributed by atoms with Crippen LogP contribution in [0.2, 0.25) is 0 Å². The van der Waals surface area contributed by atoms with Crippen molar-refractivity contribution < 1.29 is 28.5 Å². The van der Waals surface area contributed by atoms with Crippen LogP contribution in [0.15, 0.2) is 48.2 Å². The summed E-state index contributed by atoms with van der Waals surface area (Å²) in [4.78, 5) is 27.6. The van der Waals surface area contributed by atoms with E-state index in [4.69, 9.17) is 18.9 Å². The van der Waals surface area contributed by atoms with Crippen molar-refractivity contribution in [3.8, 4) is 17.2 Å². The van der Waals surface area contributed by atoms with Crippen LogP contribution >= 0.6 is 0 Å². The van der Waals surface area contributed by atoms with Gasteiger partial charge < -0.3 is 24.3 Å². The third-order valence-electron chi connectivity index (χ3n) is 5.07. The van der Waals surface area contributed by atoms with Crippen LogP contribution in [-0.2, 0) is 14.3 Å². The molecule has 1 aliphatic rings. The van der Waals surface area contributed by atoms with Crippen LogP contribution < -0.4 is 19.5 Å². The highest BCUT2D eigenvalue weighted by molar-refractivity contribution is 6.36. The van der Waals surface area contributed by atoms with Crippen LogP contribution in [-0.4, -0.2) is 57.8 Å². The molecule has 176 valence electrons. The van der Waals surface area contributed by atoms with E-state index >= 15 is 0 Å². The van der Waals surface area contributed by atoms with Crippen molar-refractivity contribution in [2.24, 2.45) is 5.92 Å². The second kappa shape index (κ2) is 10.9. The monoisotopic (exact) mass is 454 g/mol. The van der Waals surface area contributed by atoms with E-state index in [1.165, 1.54) is 19.1 Å². The molecule has 0 saturated carbocycles. The molecule has 0 radical (unpaired) electrons. The third-order valence-corrected chi connectivity index (χ3v) is 5.07. The topological polar surface area (TPSA) is 86.3 Å². The Labute approximate surface area is 194 Å². The van der Waals surface area contributed by atoms with Crippen molar-refractivity contribution in [3.63, 3.8) is 0 Å². The average molecular weight is 455 g/mol. The molecule has 0 atom stereocenters. The first-order chi connectivity index (χ1) is 15.9. The van der Waals surface area contributed by atoms with Gasteiger partial charge in [0.2, 0.25) is 0 Å². The fourth-order valence-electron chi connectivity index (χ4n) is 3.38. The van der Waals surface area contributed by atoms with Crippen LogP contribution in [0.3, 0.4) is 0 Å². The van der Waals surface area contributed by atoms with Gasteiger partial charge in [-0.25, -0.2) is 0 Å². The van der Waals surface area contributed by atoms with E-state index in [0.717, 1.165) is 0 Å². The second-order valence-electron chi connectivity index (χ2n) is 7.93. The Morgan fingerprint density at radius 1 is 0.909 bits per heavy atom. The summed E-state index contributed by atoms with van der Waals surface area (Å²) in [6, 6.07) is 12.4. The summed E-state index contributed by atoms with van der Waals surface area (Å²) in [7, 11) is 4.61. The zero-order valence-corrected chi connectivity index (χ0v) is 19.6. The lowest BCUT2D eigenvalue weighted by Crippen LogP contribution is -2.35. The molecule has 0 bridgehead atoms. The molecule has 33 heavy (non-hydrogen) atoms. The number of anilines is 1. The largest absolute Gasteiger partial charge is 0.493 e. The predicted octanol–water partition coefficient (Wildman–Crippen LogP) is 3.58. The number of carbonyl (C=O) groups is 2. The number of amides is 2. The smallest absolute Gasteiger partial charge is 0.278 e. The molecule has 1 aliphatic heterocycles. The number of carbonyl (C=O) groups excluding carboxylic acids is 2. The number of nitrogens with one attached hydrogen (secondary N) is 1. The zero-order chi connectivity index (χ0) is 24.0. The fourth-order valence-corrected chi connectivity index (χ4v) is 3.38. The van der Waals surface area contributed by atoms with Crippen LogP contribution in [0.1, 0.15) is 19.4 Å². The van der Waals surface area contributed by atoms with E-state index < -0.39 is 5.91 Å². The van der Waals surface area contributed by atoms with Gasteiger partial charge in [-0.2, -0.15) is 0 Å². The molecule has 8 nitrogen and oxygen atoms in total. The highest BCUT2D eigenvalue weighted by Gasteiger charge is 2.39. The standard InChI is InChI=1S/C25H30N2O6/c1-16(2)15-33-19-9-6-17(7-10-19)22-23(25(29)27(24(22)28)12-13-30-3)26-18-8-11-20(31-4)21(14-18)32-5/h6-11,14,16,26H,12-13,15H2,1-5H3.